The molecule has 6 rings (SSSR count). The molecule has 0 saturated carbocycles. The van der Waals surface area contributed by atoms with Gasteiger partial charge in [0.15, 0.2) is 5.60 Å². The minimum Gasteiger partial charge on any atom is -0.463 e. The van der Waals surface area contributed by atoms with E-state index in [0.29, 0.717) is 5.57 Å². The van der Waals surface area contributed by atoms with Gasteiger partial charge in [-0.2, -0.15) is 0 Å². The molecule has 2 atom stereocenters. The Hall–Kier alpha value is -3.95. The fourth-order valence-electron chi connectivity index (χ4n) is 5.62. The van der Waals surface area contributed by atoms with Crippen molar-refractivity contribution < 1.29 is 14.3 Å². The molecule has 166 valence electrons. The largest absolute Gasteiger partial charge is 0.463 e. The van der Waals surface area contributed by atoms with Gasteiger partial charge in [0, 0.05) is 5.57 Å². The molecule has 2 bridgehead atoms. The molecule has 3 heteroatoms. The van der Waals surface area contributed by atoms with Crippen LogP contribution in [0, 0.1) is 0 Å². The number of ether oxygens (including phenoxy) is 2. The summed E-state index contributed by atoms with van der Waals surface area (Å²) in [6, 6.07) is 38.5. The van der Waals surface area contributed by atoms with Gasteiger partial charge in [0.1, 0.15) is 5.60 Å². The first-order chi connectivity index (χ1) is 16.7. The van der Waals surface area contributed by atoms with Crippen LogP contribution in [0.5, 0.6) is 0 Å². The quantitative estimate of drug-likeness (QED) is 0.342. The molecule has 0 aliphatic carbocycles. The number of carbonyl (C=O) groups is 1. The van der Waals surface area contributed by atoms with Gasteiger partial charge in [-0.05, 0) is 34.7 Å². The predicted molar refractivity (Wildman–Crippen MR) is 132 cm³/mol. The Kier molecular flexibility index (Phi) is 4.75. The molecular formula is C31H24O3. The number of hydrogen-bond acceptors (Lipinski definition) is 3. The van der Waals surface area contributed by atoms with Crippen molar-refractivity contribution in [3.8, 4) is 0 Å². The number of fused-ring (bicyclic) bond motifs is 5. The van der Waals surface area contributed by atoms with Gasteiger partial charge < -0.3 is 9.47 Å². The normalized spacial score (nSPS) is 22.5. The first-order valence-corrected chi connectivity index (χ1v) is 11.6. The summed E-state index contributed by atoms with van der Waals surface area (Å²) >= 11 is 0. The molecule has 0 amide bonds. The van der Waals surface area contributed by atoms with Crippen molar-refractivity contribution in [2.75, 3.05) is 6.61 Å². The molecule has 4 aromatic rings. The van der Waals surface area contributed by atoms with E-state index < -0.39 is 11.2 Å². The highest BCUT2D eigenvalue weighted by Gasteiger charge is 2.67. The fraction of sp³-hybridized carbons (Fsp3) is 0.129. The van der Waals surface area contributed by atoms with Gasteiger partial charge >= 0.3 is 5.97 Å². The Morgan fingerprint density at radius 1 is 0.676 bits per heavy atom. The van der Waals surface area contributed by atoms with Gasteiger partial charge in [-0.25, -0.2) is 4.79 Å². The maximum absolute atomic E-state index is 13.8. The van der Waals surface area contributed by atoms with E-state index in [2.05, 4.69) is 24.3 Å². The number of esters is 1. The summed E-state index contributed by atoms with van der Waals surface area (Å²) in [4.78, 5) is 13.8. The van der Waals surface area contributed by atoms with Crippen molar-refractivity contribution in [1.82, 2.24) is 0 Å². The molecule has 0 fully saturated rings. The zero-order chi connectivity index (χ0) is 23.2. The van der Waals surface area contributed by atoms with Crippen molar-refractivity contribution in [3.05, 3.63) is 149 Å². The molecule has 0 saturated heterocycles. The molecule has 0 aromatic heterocycles. The van der Waals surface area contributed by atoms with Gasteiger partial charge in [-0.3, -0.25) is 0 Å². The maximum Gasteiger partial charge on any atom is 0.338 e. The summed E-state index contributed by atoms with van der Waals surface area (Å²) in [6.07, 6.45) is 0. The smallest absolute Gasteiger partial charge is 0.338 e. The molecule has 3 nitrogen and oxygen atoms in total. The van der Waals surface area contributed by atoms with Gasteiger partial charge in [0.05, 0.1) is 12.2 Å². The van der Waals surface area contributed by atoms with Crippen LogP contribution in [0.4, 0.5) is 0 Å². The molecule has 34 heavy (non-hydrogen) atoms. The molecule has 2 heterocycles. The van der Waals surface area contributed by atoms with Crippen LogP contribution in [-0.4, -0.2) is 12.6 Å². The van der Waals surface area contributed by atoms with Crippen LogP contribution in [0.25, 0.3) is 5.57 Å². The van der Waals surface area contributed by atoms with E-state index in [1.165, 1.54) is 0 Å². The van der Waals surface area contributed by atoms with Crippen molar-refractivity contribution in [2.24, 2.45) is 0 Å². The number of rotatable bonds is 5. The lowest BCUT2D eigenvalue weighted by molar-refractivity contribution is -0.141. The first-order valence-electron chi connectivity index (χ1n) is 11.6. The lowest BCUT2D eigenvalue weighted by Crippen LogP contribution is -2.33. The SMILES string of the molecule is CCOC(=O)C1=C(c2ccccc2)[C@@]2(c3ccccc3)O[C@]1(c1ccccc1)c1ccccc12. The molecule has 0 radical (unpaired) electrons. The summed E-state index contributed by atoms with van der Waals surface area (Å²) < 4.78 is 13.0. The van der Waals surface area contributed by atoms with Gasteiger partial charge in [0.2, 0.25) is 0 Å². The lowest BCUT2D eigenvalue weighted by atomic mass is 9.66. The van der Waals surface area contributed by atoms with E-state index in [-0.39, 0.29) is 12.6 Å². The Bertz CT molecular complexity index is 1390. The second-order valence-corrected chi connectivity index (χ2v) is 8.58. The monoisotopic (exact) mass is 444 g/mol. The van der Waals surface area contributed by atoms with Crippen LogP contribution in [0.2, 0.25) is 0 Å². The molecule has 0 N–H and O–H groups in total. The first kappa shape index (κ1) is 20.6. The molecule has 2 aliphatic heterocycles. The highest BCUT2D eigenvalue weighted by Crippen LogP contribution is 2.68. The predicted octanol–water partition coefficient (Wildman–Crippen LogP) is 6.23. The van der Waals surface area contributed by atoms with Crippen LogP contribution in [-0.2, 0) is 25.5 Å². The molecular weight excluding hydrogens is 420 g/mol. The van der Waals surface area contributed by atoms with Crippen molar-refractivity contribution in [2.45, 2.75) is 18.1 Å². The zero-order valence-corrected chi connectivity index (χ0v) is 18.9. The summed E-state index contributed by atoms with van der Waals surface area (Å²) in [6.45, 7) is 2.13. The van der Waals surface area contributed by atoms with E-state index in [9.17, 15) is 4.79 Å². The van der Waals surface area contributed by atoms with Crippen LogP contribution in [0.3, 0.4) is 0 Å². The van der Waals surface area contributed by atoms with E-state index in [1.54, 1.807) is 0 Å². The topological polar surface area (TPSA) is 35.5 Å². The van der Waals surface area contributed by atoms with Crippen LogP contribution in [0.1, 0.15) is 34.7 Å². The van der Waals surface area contributed by atoms with E-state index in [4.69, 9.17) is 9.47 Å². The van der Waals surface area contributed by atoms with Gasteiger partial charge in [-0.15, -0.1) is 0 Å². The summed E-state index contributed by atoms with van der Waals surface area (Å²) in [5, 5.41) is 0. The van der Waals surface area contributed by atoms with E-state index >= 15 is 0 Å². The van der Waals surface area contributed by atoms with Crippen LogP contribution < -0.4 is 0 Å². The lowest BCUT2D eigenvalue weighted by Gasteiger charge is -2.32. The number of hydrogen-bond donors (Lipinski definition) is 0. The minimum absolute atomic E-state index is 0.287. The summed E-state index contributed by atoms with van der Waals surface area (Å²) in [5.41, 5.74) is 4.25. The Labute approximate surface area is 199 Å². The highest BCUT2D eigenvalue weighted by molar-refractivity contribution is 6.07. The van der Waals surface area contributed by atoms with E-state index in [1.807, 2.05) is 97.9 Å². The standard InChI is InChI=1S/C31H24O3/c1-2-33-29(32)28-27(22-14-6-3-7-15-22)30(23-16-8-4-9-17-23)25-20-12-13-21-26(25)31(28,34-30)24-18-10-5-11-19-24/h3-21H,2H2,1H3/t30-,31+/m0/s1. The third kappa shape index (κ3) is 2.65. The Balaban J connectivity index is 1.80. The zero-order valence-electron chi connectivity index (χ0n) is 18.9. The van der Waals surface area contributed by atoms with Crippen LogP contribution >= 0.6 is 0 Å². The maximum atomic E-state index is 13.8. The van der Waals surface area contributed by atoms with E-state index in [0.717, 1.165) is 33.4 Å². The average molecular weight is 445 g/mol. The second kappa shape index (κ2) is 7.82. The third-order valence-corrected chi connectivity index (χ3v) is 6.85. The van der Waals surface area contributed by atoms with Gasteiger partial charge in [-0.1, -0.05) is 115 Å². The molecule has 0 spiro atoms. The third-order valence-electron chi connectivity index (χ3n) is 6.85. The fourth-order valence-corrected chi connectivity index (χ4v) is 5.62. The second-order valence-electron chi connectivity index (χ2n) is 8.58. The van der Waals surface area contributed by atoms with Crippen molar-refractivity contribution in [1.29, 1.82) is 0 Å². The molecule has 0 unspecified atom stereocenters. The average Bonchev–Trinajstić information content (AvgIpc) is 3.40. The summed E-state index contributed by atoms with van der Waals surface area (Å²) in [5.74, 6) is -0.350. The van der Waals surface area contributed by atoms with Crippen molar-refractivity contribution >= 4 is 11.5 Å². The molecule has 4 aromatic carbocycles. The Morgan fingerprint density at radius 2 is 1.15 bits per heavy atom. The number of benzene rings is 4. The Morgan fingerprint density at radius 3 is 1.71 bits per heavy atom. The summed E-state index contributed by atoms with van der Waals surface area (Å²) in [7, 11) is 0. The highest BCUT2D eigenvalue weighted by atomic mass is 16.6. The van der Waals surface area contributed by atoms with Crippen molar-refractivity contribution in [3.63, 3.8) is 0 Å². The minimum atomic E-state index is -1.08. The number of carbonyl (C=O) groups excluding carboxylic acids is 1. The molecule has 2 aliphatic rings. The van der Waals surface area contributed by atoms with Crippen LogP contribution in [0.15, 0.2) is 121 Å². The van der Waals surface area contributed by atoms with Gasteiger partial charge in [0.25, 0.3) is 0 Å².